The van der Waals surface area contributed by atoms with Crippen molar-refractivity contribution in [1.82, 2.24) is 9.80 Å². The summed E-state index contributed by atoms with van der Waals surface area (Å²) in [5, 5.41) is 26.0. The number of hydrogen-bond donors (Lipinski definition) is 4. The number of nitrogens with zero attached hydrogens (tertiary/aromatic N) is 2. The van der Waals surface area contributed by atoms with Crippen molar-refractivity contribution >= 4 is 17.9 Å². The van der Waals surface area contributed by atoms with Crippen molar-refractivity contribution in [3.8, 4) is 0 Å². The van der Waals surface area contributed by atoms with Gasteiger partial charge in [-0.15, -0.1) is 0 Å². The molecule has 19 heavy (non-hydrogen) atoms. The molecule has 0 saturated carbocycles. The molecular formula is C10H19N3O6. The molecule has 9 nitrogen and oxygen atoms in total. The van der Waals surface area contributed by atoms with E-state index >= 15 is 0 Å². The first kappa shape index (κ1) is 17.3. The fraction of sp³-hybridized carbons (Fsp3) is 0.700. The summed E-state index contributed by atoms with van der Waals surface area (Å²) < 4.78 is 0. The van der Waals surface area contributed by atoms with Gasteiger partial charge in [-0.1, -0.05) is 0 Å². The van der Waals surface area contributed by atoms with Crippen molar-refractivity contribution in [2.75, 3.05) is 45.8 Å². The Morgan fingerprint density at radius 1 is 0.737 bits per heavy atom. The number of carboxylic acid groups (broad SMARTS) is 3. The average Bonchev–Trinajstić information content (AvgIpc) is 2.23. The van der Waals surface area contributed by atoms with E-state index in [4.69, 9.17) is 21.1 Å². The van der Waals surface area contributed by atoms with Crippen LogP contribution in [0.3, 0.4) is 0 Å². The molecule has 0 unspecified atom stereocenters. The van der Waals surface area contributed by atoms with Gasteiger partial charge in [0.1, 0.15) is 0 Å². The van der Waals surface area contributed by atoms with Crippen molar-refractivity contribution in [1.29, 1.82) is 0 Å². The van der Waals surface area contributed by atoms with Crippen molar-refractivity contribution in [3.63, 3.8) is 0 Å². The Morgan fingerprint density at radius 3 is 1.47 bits per heavy atom. The van der Waals surface area contributed by atoms with E-state index in [9.17, 15) is 14.4 Å². The number of hydrogen-bond acceptors (Lipinski definition) is 6. The number of rotatable bonds is 11. The minimum Gasteiger partial charge on any atom is -0.480 e. The van der Waals surface area contributed by atoms with Crippen LogP contribution in [0.5, 0.6) is 0 Å². The van der Waals surface area contributed by atoms with Crippen molar-refractivity contribution < 1.29 is 29.7 Å². The van der Waals surface area contributed by atoms with Gasteiger partial charge in [-0.3, -0.25) is 24.2 Å². The minimum atomic E-state index is -1.13. The predicted molar refractivity (Wildman–Crippen MR) is 64.8 cm³/mol. The van der Waals surface area contributed by atoms with Crippen LogP contribution in [0.2, 0.25) is 0 Å². The lowest BCUT2D eigenvalue weighted by Crippen LogP contribution is -2.43. The van der Waals surface area contributed by atoms with E-state index in [-0.39, 0.29) is 26.2 Å². The van der Waals surface area contributed by atoms with E-state index < -0.39 is 31.0 Å². The quantitative estimate of drug-likeness (QED) is 0.330. The van der Waals surface area contributed by atoms with Crippen LogP contribution in [0.25, 0.3) is 0 Å². The molecule has 0 fully saturated rings. The number of nitrogens with two attached hydrogens (primary N) is 1. The van der Waals surface area contributed by atoms with Crippen molar-refractivity contribution in [2.24, 2.45) is 5.73 Å². The molecular weight excluding hydrogens is 258 g/mol. The van der Waals surface area contributed by atoms with Crippen LogP contribution in [0.1, 0.15) is 0 Å². The fourth-order valence-electron chi connectivity index (χ4n) is 1.52. The van der Waals surface area contributed by atoms with Gasteiger partial charge in [0.05, 0.1) is 19.6 Å². The lowest BCUT2D eigenvalue weighted by Gasteiger charge is -2.24. The second-order valence-corrected chi connectivity index (χ2v) is 3.96. The van der Waals surface area contributed by atoms with E-state index in [1.165, 1.54) is 9.80 Å². The summed E-state index contributed by atoms with van der Waals surface area (Å²) in [7, 11) is 0. The summed E-state index contributed by atoms with van der Waals surface area (Å²) in [6, 6.07) is 0. The smallest absolute Gasteiger partial charge is 0.317 e. The Bertz CT molecular complexity index is 306. The highest BCUT2D eigenvalue weighted by Crippen LogP contribution is 1.93. The first-order chi connectivity index (χ1) is 8.85. The Balaban J connectivity index is 4.34. The SMILES string of the molecule is NCCN(CCN(CC(=O)O)CC(=O)O)CC(=O)O. The second-order valence-electron chi connectivity index (χ2n) is 3.96. The summed E-state index contributed by atoms with van der Waals surface area (Å²) in [5.74, 6) is -3.29. The number of carbonyl (C=O) groups is 3. The maximum absolute atomic E-state index is 10.6. The molecule has 0 saturated heterocycles. The number of carboxylic acids is 3. The topological polar surface area (TPSA) is 144 Å². The third kappa shape index (κ3) is 9.94. The van der Waals surface area contributed by atoms with Gasteiger partial charge in [0.2, 0.25) is 0 Å². The molecule has 0 aliphatic carbocycles. The molecule has 0 spiro atoms. The maximum atomic E-state index is 10.6. The molecule has 0 aliphatic rings. The molecule has 110 valence electrons. The third-order valence-corrected chi connectivity index (χ3v) is 2.25. The summed E-state index contributed by atoms with van der Waals surface area (Å²) in [6.45, 7) is -0.0295. The molecule has 9 heteroatoms. The highest BCUT2D eigenvalue weighted by atomic mass is 16.4. The van der Waals surface area contributed by atoms with Crippen LogP contribution in [0, 0.1) is 0 Å². The van der Waals surface area contributed by atoms with Crippen LogP contribution in [-0.4, -0.2) is 88.8 Å². The monoisotopic (exact) mass is 277 g/mol. The summed E-state index contributed by atoms with van der Waals surface area (Å²) in [6.07, 6.45) is 0. The van der Waals surface area contributed by atoms with Gasteiger partial charge in [0, 0.05) is 26.2 Å². The zero-order valence-corrected chi connectivity index (χ0v) is 10.5. The van der Waals surface area contributed by atoms with Gasteiger partial charge in [0.15, 0.2) is 0 Å². The molecule has 5 N–H and O–H groups in total. The lowest BCUT2D eigenvalue weighted by molar-refractivity contribution is -0.143. The predicted octanol–water partition coefficient (Wildman–Crippen LogP) is -2.20. The first-order valence-electron chi connectivity index (χ1n) is 5.65. The Hall–Kier alpha value is -1.71. The van der Waals surface area contributed by atoms with E-state index in [2.05, 4.69) is 0 Å². The van der Waals surface area contributed by atoms with E-state index in [1.54, 1.807) is 0 Å². The summed E-state index contributed by atoms with van der Waals surface area (Å²) in [5.41, 5.74) is 5.34. The summed E-state index contributed by atoms with van der Waals surface area (Å²) >= 11 is 0. The molecule has 0 aromatic heterocycles. The first-order valence-corrected chi connectivity index (χ1v) is 5.65. The van der Waals surface area contributed by atoms with Crippen molar-refractivity contribution in [2.45, 2.75) is 0 Å². The van der Waals surface area contributed by atoms with Crippen LogP contribution >= 0.6 is 0 Å². The van der Waals surface area contributed by atoms with E-state index in [1.807, 2.05) is 0 Å². The molecule has 0 radical (unpaired) electrons. The second kappa shape index (κ2) is 9.25. The zero-order valence-electron chi connectivity index (χ0n) is 10.5. The van der Waals surface area contributed by atoms with Crippen LogP contribution in [0.4, 0.5) is 0 Å². The van der Waals surface area contributed by atoms with Gasteiger partial charge >= 0.3 is 17.9 Å². The maximum Gasteiger partial charge on any atom is 0.317 e. The average molecular weight is 277 g/mol. The normalized spacial score (nSPS) is 10.9. The largest absolute Gasteiger partial charge is 0.480 e. The molecule has 0 rings (SSSR count). The van der Waals surface area contributed by atoms with Crippen LogP contribution in [-0.2, 0) is 14.4 Å². The summed E-state index contributed by atoms with van der Waals surface area (Å²) in [4.78, 5) is 34.5. The highest BCUT2D eigenvalue weighted by molar-refractivity contribution is 5.72. The highest BCUT2D eigenvalue weighted by Gasteiger charge is 2.16. The van der Waals surface area contributed by atoms with E-state index in [0.29, 0.717) is 6.54 Å². The molecule has 0 bridgehead atoms. The minimum absolute atomic E-state index is 0.145. The van der Waals surface area contributed by atoms with Gasteiger partial charge < -0.3 is 21.1 Å². The standard InChI is InChI=1S/C10H19N3O6/c11-1-2-12(5-8(14)15)3-4-13(6-9(16)17)7-10(18)19/h1-7,11H2,(H,14,15)(H,16,17)(H,18,19). The van der Waals surface area contributed by atoms with Gasteiger partial charge in [0.25, 0.3) is 0 Å². The molecule has 0 amide bonds. The lowest BCUT2D eigenvalue weighted by atomic mass is 10.4. The number of aliphatic carboxylic acids is 3. The molecule has 0 atom stereocenters. The molecule has 0 aromatic rings. The van der Waals surface area contributed by atoms with Gasteiger partial charge in [-0.2, -0.15) is 0 Å². The van der Waals surface area contributed by atoms with Gasteiger partial charge in [-0.25, -0.2) is 0 Å². The molecule has 0 aromatic carbocycles. The molecule has 0 heterocycles. The fourth-order valence-corrected chi connectivity index (χ4v) is 1.52. The van der Waals surface area contributed by atoms with Crippen LogP contribution < -0.4 is 5.73 Å². The zero-order chi connectivity index (χ0) is 14.8. The Labute approximate surface area is 110 Å². The Kier molecular flexibility index (Phi) is 8.42. The Morgan fingerprint density at radius 2 is 1.11 bits per heavy atom. The van der Waals surface area contributed by atoms with Gasteiger partial charge in [-0.05, 0) is 0 Å². The third-order valence-electron chi connectivity index (χ3n) is 2.25. The van der Waals surface area contributed by atoms with Crippen LogP contribution in [0.15, 0.2) is 0 Å². The molecule has 0 aliphatic heterocycles. The van der Waals surface area contributed by atoms with Crippen molar-refractivity contribution in [3.05, 3.63) is 0 Å². The van der Waals surface area contributed by atoms with E-state index in [0.717, 1.165) is 0 Å².